The highest BCUT2D eigenvalue weighted by molar-refractivity contribution is 7.89. The fourth-order valence-electron chi connectivity index (χ4n) is 1.96. The van der Waals surface area contributed by atoms with Gasteiger partial charge in [0.2, 0.25) is 0 Å². The highest BCUT2D eigenvalue weighted by Crippen LogP contribution is 2.20. The lowest BCUT2D eigenvalue weighted by Crippen LogP contribution is -2.17. The summed E-state index contributed by atoms with van der Waals surface area (Å²) in [6.45, 7) is 7.63. The number of benzene rings is 2. The zero-order chi connectivity index (χ0) is 18.5. The van der Waals surface area contributed by atoms with Crippen molar-refractivity contribution in [1.82, 2.24) is 4.72 Å². The van der Waals surface area contributed by atoms with Gasteiger partial charge in [0.15, 0.2) is 0 Å². The van der Waals surface area contributed by atoms with Crippen molar-refractivity contribution < 1.29 is 8.42 Å². The lowest BCUT2D eigenvalue weighted by Gasteiger charge is -2.05. The van der Waals surface area contributed by atoms with Crippen LogP contribution in [0.3, 0.4) is 0 Å². The summed E-state index contributed by atoms with van der Waals surface area (Å²) in [6.07, 6.45) is 9.71. The van der Waals surface area contributed by atoms with Crippen LogP contribution in [-0.2, 0) is 10.0 Å². The van der Waals surface area contributed by atoms with E-state index in [1.54, 1.807) is 24.3 Å². The van der Waals surface area contributed by atoms with Crippen molar-refractivity contribution in [2.75, 3.05) is 0 Å². The molecular weight excluding hydrogens is 330 g/mol. The topological polar surface area (TPSA) is 46.2 Å². The lowest BCUT2D eigenvalue weighted by molar-refractivity contribution is 0.590. The summed E-state index contributed by atoms with van der Waals surface area (Å²) in [6, 6.07) is 16.6. The SMILES string of the molecule is C/C=C\CC.C=C/C=C/NS(=O)(=O)c1ccc(-c2ccccc2)cc1. The molecule has 1 N–H and O–H groups in total. The molecule has 0 amide bonds. The molecule has 0 aliphatic heterocycles. The van der Waals surface area contributed by atoms with Crippen LogP contribution in [0.4, 0.5) is 0 Å². The van der Waals surface area contributed by atoms with Crippen molar-refractivity contribution in [2.45, 2.75) is 25.2 Å². The van der Waals surface area contributed by atoms with E-state index in [2.05, 4.69) is 30.4 Å². The summed E-state index contributed by atoms with van der Waals surface area (Å²) in [7, 11) is -3.52. The Bertz CT molecular complexity index is 790. The molecule has 0 radical (unpaired) electrons. The molecule has 4 heteroatoms. The quantitative estimate of drug-likeness (QED) is 0.564. The Morgan fingerprint density at radius 3 is 2.08 bits per heavy atom. The zero-order valence-electron chi connectivity index (χ0n) is 14.7. The van der Waals surface area contributed by atoms with Crippen LogP contribution in [0.5, 0.6) is 0 Å². The molecule has 2 aromatic rings. The Balaban J connectivity index is 0.000000550. The van der Waals surface area contributed by atoms with E-state index in [1.807, 2.05) is 37.3 Å². The normalized spacial score (nSPS) is 11.1. The van der Waals surface area contributed by atoms with Crippen LogP contribution < -0.4 is 4.72 Å². The summed E-state index contributed by atoms with van der Waals surface area (Å²) >= 11 is 0. The van der Waals surface area contributed by atoms with Gasteiger partial charge in [-0.15, -0.1) is 0 Å². The average Bonchev–Trinajstić information content (AvgIpc) is 2.64. The Labute approximate surface area is 151 Å². The van der Waals surface area contributed by atoms with Crippen molar-refractivity contribution >= 4 is 10.0 Å². The Hall–Kier alpha value is -2.59. The molecule has 0 atom stereocenters. The fraction of sp³-hybridized carbons (Fsp3) is 0.143. The van der Waals surface area contributed by atoms with E-state index in [0.29, 0.717) is 0 Å². The summed E-state index contributed by atoms with van der Waals surface area (Å²) in [5.41, 5.74) is 2.03. The highest BCUT2D eigenvalue weighted by Gasteiger charge is 2.11. The molecule has 0 bridgehead atoms. The minimum absolute atomic E-state index is 0.228. The fourth-order valence-corrected chi connectivity index (χ4v) is 2.85. The Morgan fingerprint density at radius 2 is 1.60 bits per heavy atom. The van der Waals surface area contributed by atoms with Gasteiger partial charge in [-0.2, -0.15) is 0 Å². The van der Waals surface area contributed by atoms with Gasteiger partial charge >= 0.3 is 0 Å². The second-order valence-corrected chi connectivity index (χ2v) is 6.80. The minimum Gasteiger partial charge on any atom is -0.286 e. The third-order valence-electron chi connectivity index (χ3n) is 3.20. The van der Waals surface area contributed by atoms with Gasteiger partial charge in [-0.1, -0.05) is 74.2 Å². The smallest absolute Gasteiger partial charge is 0.261 e. The Kier molecular flexibility index (Phi) is 9.04. The van der Waals surface area contributed by atoms with Crippen LogP contribution in [0.15, 0.2) is 96.6 Å². The predicted octanol–water partition coefficient (Wildman–Crippen LogP) is 5.30. The molecule has 132 valence electrons. The van der Waals surface area contributed by atoms with Crippen LogP contribution in [-0.4, -0.2) is 8.42 Å². The predicted molar refractivity (Wildman–Crippen MR) is 107 cm³/mol. The van der Waals surface area contributed by atoms with Gasteiger partial charge in [0.25, 0.3) is 10.0 Å². The van der Waals surface area contributed by atoms with Crippen molar-refractivity contribution in [3.05, 3.63) is 91.7 Å². The number of hydrogen-bond donors (Lipinski definition) is 1. The van der Waals surface area contributed by atoms with E-state index in [4.69, 9.17) is 0 Å². The van der Waals surface area contributed by atoms with Crippen LogP contribution in [0.2, 0.25) is 0 Å². The Morgan fingerprint density at radius 1 is 1.00 bits per heavy atom. The van der Waals surface area contributed by atoms with E-state index in [-0.39, 0.29) is 4.90 Å². The molecule has 2 aromatic carbocycles. The minimum atomic E-state index is -3.52. The van der Waals surface area contributed by atoms with Gasteiger partial charge in [-0.05, 0) is 42.7 Å². The van der Waals surface area contributed by atoms with Gasteiger partial charge in [-0.3, -0.25) is 4.72 Å². The number of rotatable bonds is 6. The number of hydrogen-bond acceptors (Lipinski definition) is 2. The van der Waals surface area contributed by atoms with Crippen molar-refractivity contribution in [3.8, 4) is 11.1 Å². The van der Waals surface area contributed by atoms with Gasteiger partial charge in [0.1, 0.15) is 0 Å². The molecule has 3 nitrogen and oxygen atoms in total. The first-order chi connectivity index (χ1) is 12.0. The number of sulfonamides is 1. The molecule has 0 aliphatic carbocycles. The van der Waals surface area contributed by atoms with Gasteiger partial charge in [0.05, 0.1) is 4.90 Å². The summed E-state index contributed by atoms with van der Waals surface area (Å²) in [4.78, 5) is 0.228. The highest BCUT2D eigenvalue weighted by atomic mass is 32.2. The standard InChI is InChI=1S/C16H15NO2S.C5H10/c1-2-3-13-17-20(18,19)16-11-9-15(10-12-16)14-7-5-4-6-8-14;1-3-5-4-2/h2-13,17H,1H2;3,5H,4H2,1-2H3/b13-3+;5-3-. The number of allylic oxidation sites excluding steroid dienone is 4. The third-order valence-corrected chi connectivity index (χ3v) is 4.54. The molecule has 2 rings (SSSR count). The lowest BCUT2D eigenvalue weighted by atomic mass is 10.1. The van der Waals surface area contributed by atoms with Crippen LogP contribution >= 0.6 is 0 Å². The first-order valence-corrected chi connectivity index (χ1v) is 9.60. The molecule has 0 heterocycles. The van der Waals surface area contributed by atoms with Gasteiger partial charge in [-0.25, -0.2) is 8.42 Å². The van der Waals surface area contributed by atoms with E-state index < -0.39 is 10.0 Å². The second-order valence-electron chi connectivity index (χ2n) is 5.08. The molecule has 0 unspecified atom stereocenters. The van der Waals surface area contributed by atoms with Crippen LogP contribution in [0, 0.1) is 0 Å². The average molecular weight is 356 g/mol. The molecule has 0 spiro atoms. The summed E-state index contributed by atoms with van der Waals surface area (Å²) < 4.78 is 26.3. The largest absolute Gasteiger partial charge is 0.286 e. The third kappa shape index (κ3) is 7.23. The molecule has 0 saturated carbocycles. The molecule has 0 saturated heterocycles. The first kappa shape index (κ1) is 20.5. The van der Waals surface area contributed by atoms with Crippen molar-refractivity contribution in [2.24, 2.45) is 0 Å². The first-order valence-electron chi connectivity index (χ1n) is 8.11. The van der Waals surface area contributed by atoms with E-state index >= 15 is 0 Å². The molecule has 25 heavy (non-hydrogen) atoms. The van der Waals surface area contributed by atoms with E-state index in [1.165, 1.54) is 18.4 Å². The summed E-state index contributed by atoms with van der Waals surface area (Å²) in [5, 5.41) is 0. The molecule has 0 aliphatic rings. The molecular formula is C21H25NO2S. The maximum absolute atomic E-state index is 12.0. The number of nitrogens with one attached hydrogen (secondary N) is 1. The van der Waals surface area contributed by atoms with Gasteiger partial charge in [0, 0.05) is 6.20 Å². The van der Waals surface area contributed by atoms with E-state index in [0.717, 1.165) is 17.5 Å². The monoisotopic (exact) mass is 355 g/mol. The van der Waals surface area contributed by atoms with Crippen molar-refractivity contribution in [3.63, 3.8) is 0 Å². The summed E-state index contributed by atoms with van der Waals surface area (Å²) in [5.74, 6) is 0. The van der Waals surface area contributed by atoms with Gasteiger partial charge < -0.3 is 0 Å². The van der Waals surface area contributed by atoms with E-state index in [9.17, 15) is 8.42 Å². The molecule has 0 fully saturated rings. The zero-order valence-corrected chi connectivity index (χ0v) is 15.5. The molecule has 0 aromatic heterocycles. The van der Waals surface area contributed by atoms with Crippen LogP contribution in [0.25, 0.3) is 11.1 Å². The maximum Gasteiger partial charge on any atom is 0.261 e. The maximum atomic E-state index is 12.0. The van der Waals surface area contributed by atoms with Crippen molar-refractivity contribution in [1.29, 1.82) is 0 Å². The second kappa shape index (κ2) is 11.0. The van der Waals surface area contributed by atoms with Crippen LogP contribution in [0.1, 0.15) is 20.3 Å².